The zero-order chi connectivity index (χ0) is 21.2. The second-order valence-electron chi connectivity index (χ2n) is 7.47. The predicted molar refractivity (Wildman–Crippen MR) is 121 cm³/mol. The molecule has 4 aromatic rings. The number of nitrogens with one attached hydrogen (secondary N) is 1. The van der Waals surface area contributed by atoms with Crippen LogP contribution in [0.15, 0.2) is 79.1 Å². The van der Waals surface area contributed by atoms with Gasteiger partial charge in [-0.05, 0) is 48.9 Å². The Kier molecular flexibility index (Phi) is 4.88. The second kappa shape index (κ2) is 7.99. The predicted octanol–water partition coefficient (Wildman–Crippen LogP) is 4.68. The highest BCUT2D eigenvalue weighted by atomic mass is 16.2. The highest BCUT2D eigenvalue weighted by molar-refractivity contribution is 6.13. The molecule has 0 atom stereocenters. The third-order valence-corrected chi connectivity index (χ3v) is 5.41. The zero-order valence-corrected chi connectivity index (χ0v) is 16.8. The van der Waals surface area contributed by atoms with E-state index in [2.05, 4.69) is 10.3 Å². The van der Waals surface area contributed by atoms with Crippen molar-refractivity contribution < 1.29 is 9.59 Å². The van der Waals surface area contributed by atoms with Crippen molar-refractivity contribution in [2.24, 2.45) is 0 Å². The normalized spacial score (nSPS) is 13.5. The highest BCUT2D eigenvalue weighted by Gasteiger charge is 2.22. The number of anilines is 2. The molecule has 6 heteroatoms. The first kappa shape index (κ1) is 18.9. The van der Waals surface area contributed by atoms with Crippen molar-refractivity contribution in [3.05, 3.63) is 84.7 Å². The number of nitrogens with zero attached hydrogens (tertiary/aromatic N) is 3. The smallest absolute Gasteiger partial charge is 0.256 e. The lowest BCUT2D eigenvalue weighted by Gasteiger charge is -2.17. The monoisotopic (exact) mass is 408 g/mol. The summed E-state index contributed by atoms with van der Waals surface area (Å²) in [6.45, 7) is 0.708. The molecule has 0 bridgehead atoms. The maximum Gasteiger partial charge on any atom is 0.256 e. The van der Waals surface area contributed by atoms with E-state index in [-0.39, 0.29) is 11.8 Å². The zero-order valence-electron chi connectivity index (χ0n) is 16.8. The van der Waals surface area contributed by atoms with Gasteiger partial charge in [-0.25, -0.2) is 4.98 Å². The number of para-hydroxylation sites is 1. The first-order valence-electron chi connectivity index (χ1n) is 10.2. The van der Waals surface area contributed by atoms with Gasteiger partial charge in [0.25, 0.3) is 5.91 Å². The maximum absolute atomic E-state index is 13.3. The fourth-order valence-corrected chi connectivity index (χ4v) is 3.90. The molecule has 0 saturated carbocycles. The summed E-state index contributed by atoms with van der Waals surface area (Å²) in [4.78, 5) is 36.0. The molecule has 2 aromatic heterocycles. The van der Waals surface area contributed by atoms with Crippen LogP contribution in [0.25, 0.3) is 22.2 Å². The average Bonchev–Trinajstić information content (AvgIpc) is 3.25. The summed E-state index contributed by atoms with van der Waals surface area (Å²) in [5, 5.41) is 3.76. The van der Waals surface area contributed by atoms with Crippen molar-refractivity contribution >= 4 is 34.1 Å². The van der Waals surface area contributed by atoms with Crippen LogP contribution in [-0.4, -0.2) is 28.3 Å². The molecule has 1 fully saturated rings. The number of fused-ring (bicyclic) bond motifs is 1. The lowest BCUT2D eigenvalue weighted by molar-refractivity contribution is -0.117. The van der Waals surface area contributed by atoms with E-state index in [0.717, 1.165) is 28.6 Å². The number of carbonyl (C=O) groups is 2. The third kappa shape index (κ3) is 3.75. The molecule has 2 amide bonds. The molecule has 2 aromatic carbocycles. The van der Waals surface area contributed by atoms with Gasteiger partial charge in [-0.3, -0.25) is 14.6 Å². The van der Waals surface area contributed by atoms with Crippen molar-refractivity contribution in [3.63, 3.8) is 0 Å². The highest BCUT2D eigenvalue weighted by Crippen LogP contribution is 2.27. The number of hydrogen-bond acceptors (Lipinski definition) is 4. The van der Waals surface area contributed by atoms with Crippen LogP contribution in [0.3, 0.4) is 0 Å². The number of carbonyl (C=O) groups excluding carboxylic acids is 2. The molecule has 0 radical (unpaired) electrons. The van der Waals surface area contributed by atoms with Gasteiger partial charge >= 0.3 is 0 Å². The molecule has 1 aliphatic heterocycles. The average molecular weight is 408 g/mol. The van der Waals surface area contributed by atoms with Crippen LogP contribution in [0.2, 0.25) is 0 Å². The summed E-state index contributed by atoms with van der Waals surface area (Å²) < 4.78 is 0. The summed E-state index contributed by atoms with van der Waals surface area (Å²) in [5.41, 5.74) is 4.25. The molecule has 6 nitrogen and oxygen atoms in total. The molecule has 31 heavy (non-hydrogen) atoms. The Hall–Kier alpha value is -4.06. The number of pyridine rings is 2. The Morgan fingerprint density at radius 2 is 1.90 bits per heavy atom. The van der Waals surface area contributed by atoms with E-state index >= 15 is 0 Å². The van der Waals surface area contributed by atoms with Gasteiger partial charge < -0.3 is 10.2 Å². The van der Waals surface area contributed by atoms with Crippen molar-refractivity contribution in [1.29, 1.82) is 0 Å². The van der Waals surface area contributed by atoms with E-state index in [1.54, 1.807) is 23.4 Å². The van der Waals surface area contributed by atoms with Crippen LogP contribution in [0, 0.1) is 0 Å². The van der Waals surface area contributed by atoms with Crippen LogP contribution >= 0.6 is 0 Å². The van der Waals surface area contributed by atoms with Gasteiger partial charge in [0.1, 0.15) is 0 Å². The molecule has 0 spiro atoms. The quantitative estimate of drug-likeness (QED) is 0.532. The van der Waals surface area contributed by atoms with Gasteiger partial charge in [0.15, 0.2) is 0 Å². The minimum Gasteiger partial charge on any atom is -0.322 e. The summed E-state index contributed by atoms with van der Waals surface area (Å²) in [7, 11) is 0. The van der Waals surface area contributed by atoms with E-state index < -0.39 is 0 Å². The summed E-state index contributed by atoms with van der Waals surface area (Å²) >= 11 is 0. The van der Waals surface area contributed by atoms with Crippen LogP contribution in [0.4, 0.5) is 11.4 Å². The van der Waals surface area contributed by atoms with Gasteiger partial charge in [-0.2, -0.15) is 0 Å². The SMILES string of the molecule is O=C(Nc1cccc(N2CCCC2=O)c1)c1cc(-c2cccnc2)nc2ccccc12. The molecule has 0 aliphatic carbocycles. The van der Waals surface area contributed by atoms with Gasteiger partial charge in [0.05, 0.1) is 16.8 Å². The lowest BCUT2D eigenvalue weighted by Crippen LogP contribution is -2.23. The van der Waals surface area contributed by atoms with Gasteiger partial charge in [-0.1, -0.05) is 24.3 Å². The minimum atomic E-state index is -0.228. The Morgan fingerprint density at radius 3 is 2.71 bits per heavy atom. The second-order valence-corrected chi connectivity index (χ2v) is 7.47. The first-order valence-corrected chi connectivity index (χ1v) is 10.2. The van der Waals surface area contributed by atoms with Crippen LogP contribution in [-0.2, 0) is 4.79 Å². The fraction of sp³-hybridized carbons (Fsp3) is 0.120. The van der Waals surface area contributed by atoms with Crippen molar-refractivity contribution in [1.82, 2.24) is 9.97 Å². The Bertz CT molecular complexity index is 1290. The molecule has 3 heterocycles. The number of rotatable bonds is 4. The molecule has 5 rings (SSSR count). The molecule has 0 unspecified atom stereocenters. The molecule has 1 N–H and O–H groups in total. The van der Waals surface area contributed by atoms with E-state index in [0.29, 0.717) is 29.9 Å². The van der Waals surface area contributed by atoms with Gasteiger partial charge in [-0.15, -0.1) is 0 Å². The van der Waals surface area contributed by atoms with E-state index in [4.69, 9.17) is 4.98 Å². The number of hydrogen-bond donors (Lipinski definition) is 1. The summed E-state index contributed by atoms with van der Waals surface area (Å²) in [6, 6.07) is 20.5. The van der Waals surface area contributed by atoms with Gasteiger partial charge in [0, 0.05) is 47.7 Å². The molecule has 152 valence electrons. The Balaban J connectivity index is 1.51. The molecule has 1 saturated heterocycles. The number of benzene rings is 2. The lowest BCUT2D eigenvalue weighted by atomic mass is 10.0. The van der Waals surface area contributed by atoms with Crippen LogP contribution < -0.4 is 10.2 Å². The van der Waals surface area contributed by atoms with E-state index in [1.165, 1.54) is 0 Å². The number of amides is 2. The fourth-order valence-electron chi connectivity index (χ4n) is 3.90. The Labute approximate surface area is 179 Å². The molecular formula is C25H20N4O2. The van der Waals surface area contributed by atoms with E-state index in [1.807, 2.05) is 60.7 Å². The van der Waals surface area contributed by atoms with E-state index in [9.17, 15) is 9.59 Å². The number of aromatic nitrogens is 2. The first-order chi connectivity index (χ1) is 15.2. The summed E-state index contributed by atoms with van der Waals surface area (Å²) in [5.74, 6) is -0.113. The van der Waals surface area contributed by atoms with Crippen molar-refractivity contribution in [2.45, 2.75) is 12.8 Å². The summed E-state index contributed by atoms with van der Waals surface area (Å²) in [6.07, 6.45) is 4.86. The standard InChI is InChI=1S/C25H20N4O2/c30-24-11-5-13-29(24)19-8-3-7-18(14-19)27-25(31)21-15-23(17-6-4-12-26-16-17)28-22-10-2-1-9-20(21)22/h1-4,6-10,12,14-16H,5,11,13H2,(H,27,31). The minimum absolute atomic E-state index is 0.115. The van der Waals surface area contributed by atoms with Gasteiger partial charge in [0.2, 0.25) is 5.91 Å². The topological polar surface area (TPSA) is 75.2 Å². The molecular weight excluding hydrogens is 388 g/mol. The Morgan fingerprint density at radius 1 is 1.00 bits per heavy atom. The van der Waals surface area contributed by atoms with Crippen LogP contribution in [0.5, 0.6) is 0 Å². The van der Waals surface area contributed by atoms with Crippen molar-refractivity contribution in [2.75, 3.05) is 16.8 Å². The maximum atomic E-state index is 13.3. The van der Waals surface area contributed by atoms with Crippen LogP contribution in [0.1, 0.15) is 23.2 Å². The molecule has 1 aliphatic rings. The van der Waals surface area contributed by atoms with Crippen molar-refractivity contribution in [3.8, 4) is 11.3 Å². The third-order valence-electron chi connectivity index (χ3n) is 5.41. The largest absolute Gasteiger partial charge is 0.322 e.